The number of hydrogen-bond donors (Lipinski definition) is 3. The fourth-order valence-electron chi connectivity index (χ4n) is 4.29. The third-order valence-corrected chi connectivity index (χ3v) is 5.81. The van der Waals surface area contributed by atoms with Gasteiger partial charge < -0.3 is 24.8 Å². The fraction of sp³-hybridized carbons (Fsp3) is 0.320. The SMILES string of the molecule is C=C(C)[C@@H]1Cc2c(cc(O)c3c2O[C@@H](c2ccc(O)cc2O)CC3=O)O[C@H]1C=C(C)C. The zero-order chi connectivity index (χ0) is 22.4. The fourth-order valence-corrected chi connectivity index (χ4v) is 4.29. The van der Waals surface area contributed by atoms with E-state index in [1.165, 1.54) is 24.3 Å². The second-order valence-corrected chi connectivity index (χ2v) is 8.54. The summed E-state index contributed by atoms with van der Waals surface area (Å²) in [5.41, 5.74) is 3.29. The molecule has 2 aromatic rings. The zero-order valence-electron chi connectivity index (χ0n) is 17.8. The number of benzene rings is 2. The van der Waals surface area contributed by atoms with Crippen molar-refractivity contribution in [2.24, 2.45) is 5.92 Å². The number of phenolic OH excluding ortho intramolecular Hbond substituents is 3. The zero-order valence-corrected chi connectivity index (χ0v) is 17.8. The molecule has 162 valence electrons. The number of ketones is 1. The molecular weight excluding hydrogens is 396 g/mol. The van der Waals surface area contributed by atoms with Crippen LogP contribution in [0.3, 0.4) is 0 Å². The van der Waals surface area contributed by atoms with Gasteiger partial charge >= 0.3 is 0 Å². The van der Waals surface area contributed by atoms with Crippen LogP contribution in [0, 0.1) is 5.92 Å². The van der Waals surface area contributed by atoms with Crippen LogP contribution in [0.2, 0.25) is 0 Å². The lowest BCUT2D eigenvalue weighted by molar-refractivity contribution is 0.0832. The normalized spacial score (nSPS) is 21.9. The minimum atomic E-state index is -0.745. The molecule has 0 unspecified atom stereocenters. The van der Waals surface area contributed by atoms with E-state index in [0.717, 1.165) is 11.1 Å². The van der Waals surface area contributed by atoms with Crippen LogP contribution >= 0.6 is 0 Å². The summed E-state index contributed by atoms with van der Waals surface area (Å²) >= 11 is 0. The molecule has 6 nitrogen and oxygen atoms in total. The number of fused-ring (bicyclic) bond motifs is 3. The quantitative estimate of drug-likeness (QED) is 0.604. The topological polar surface area (TPSA) is 96.2 Å². The van der Waals surface area contributed by atoms with Crippen molar-refractivity contribution in [1.82, 2.24) is 0 Å². The third kappa shape index (κ3) is 3.74. The molecule has 31 heavy (non-hydrogen) atoms. The maximum absolute atomic E-state index is 12.9. The number of hydrogen-bond acceptors (Lipinski definition) is 6. The monoisotopic (exact) mass is 422 g/mol. The molecule has 6 heteroatoms. The van der Waals surface area contributed by atoms with Crippen LogP contribution in [-0.4, -0.2) is 27.2 Å². The first-order valence-corrected chi connectivity index (χ1v) is 10.2. The number of ether oxygens (including phenoxy) is 2. The van der Waals surface area contributed by atoms with Gasteiger partial charge in [0.2, 0.25) is 0 Å². The molecule has 2 aromatic carbocycles. The van der Waals surface area contributed by atoms with E-state index in [2.05, 4.69) is 6.58 Å². The molecule has 2 aliphatic heterocycles. The van der Waals surface area contributed by atoms with Crippen molar-refractivity contribution in [2.45, 2.75) is 45.8 Å². The second kappa shape index (κ2) is 7.69. The number of phenols is 3. The smallest absolute Gasteiger partial charge is 0.174 e. The van der Waals surface area contributed by atoms with Gasteiger partial charge in [-0.15, -0.1) is 0 Å². The maximum atomic E-state index is 12.9. The van der Waals surface area contributed by atoms with Crippen LogP contribution < -0.4 is 9.47 Å². The largest absolute Gasteiger partial charge is 0.508 e. The van der Waals surface area contributed by atoms with Crippen molar-refractivity contribution in [2.75, 3.05) is 0 Å². The van der Waals surface area contributed by atoms with Crippen LogP contribution in [0.4, 0.5) is 0 Å². The van der Waals surface area contributed by atoms with Gasteiger partial charge in [-0.3, -0.25) is 4.79 Å². The van der Waals surface area contributed by atoms with Crippen molar-refractivity contribution in [1.29, 1.82) is 0 Å². The Bertz CT molecular complexity index is 1110. The molecule has 0 amide bonds. The van der Waals surface area contributed by atoms with Crippen LogP contribution in [0.25, 0.3) is 0 Å². The van der Waals surface area contributed by atoms with Crippen molar-refractivity contribution in [3.8, 4) is 28.7 Å². The molecule has 3 N–H and O–H groups in total. The highest BCUT2D eigenvalue weighted by Gasteiger charge is 2.39. The lowest BCUT2D eigenvalue weighted by Crippen LogP contribution is -2.33. The first-order valence-electron chi connectivity index (χ1n) is 10.2. The van der Waals surface area contributed by atoms with E-state index in [-0.39, 0.29) is 52.8 Å². The molecule has 0 saturated carbocycles. The molecule has 0 aliphatic carbocycles. The second-order valence-electron chi connectivity index (χ2n) is 8.54. The summed E-state index contributed by atoms with van der Waals surface area (Å²) in [6, 6.07) is 5.65. The Balaban J connectivity index is 1.81. The van der Waals surface area contributed by atoms with Crippen LogP contribution in [-0.2, 0) is 6.42 Å². The van der Waals surface area contributed by atoms with E-state index in [0.29, 0.717) is 23.3 Å². The van der Waals surface area contributed by atoms with Crippen LogP contribution in [0.5, 0.6) is 28.7 Å². The van der Waals surface area contributed by atoms with Gasteiger partial charge in [-0.25, -0.2) is 0 Å². The molecule has 2 heterocycles. The van der Waals surface area contributed by atoms with Crippen molar-refractivity contribution >= 4 is 5.78 Å². The van der Waals surface area contributed by atoms with E-state index >= 15 is 0 Å². The molecule has 0 radical (unpaired) electrons. The molecular formula is C25H26O6. The van der Waals surface area contributed by atoms with E-state index in [1.807, 2.05) is 26.8 Å². The van der Waals surface area contributed by atoms with Gasteiger partial charge in [0, 0.05) is 29.2 Å². The van der Waals surface area contributed by atoms with E-state index in [1.54, 1.807) is 0 Å². The predicted octanol–water partition coefficient (Wildman–Crippen LogP) is 4.97. The minimum absolute atomic E-state index is 0.0165. The summed E-state index contributed by atoms with van der Waals surface area (Å²) in [4.78, 5) is 12.9. The van der Waals surface area contributed by atoms with Crippen molar-refractivity contribution in [3.63, 3.8) is 0 Å². The minimum Gasteiger partial charge on any atom is -0.508 e. The van der Waals surface area contributed by atoms with Gasteiger partial charge in [0.05, 0.1) is 6.42 Å². The predicted molar refractivity (Wildman–Crippen MR) is 116 cm³/mol. The van der Waals surface area contributed by atoms with E-state index in [4.69, 9.17) is 9.47 Å². The maximum Gasteiger partial charge on any atom is 0.174 e. The Labute approximate surface area is 181 Å². The number of carbonyl (C=O) groups is 1. The summed E-state index contributed by atoms with van der Waals surface area (Å²) < 4.78 is 12.4. The first kappa shape index (κ1) is 20.8. The van der Waals surface area contributed by atoms with Crippen molar-refractivity contribution < 1.29 is 29.6 Å². The highest BCUT2D eigenvalue weighted by atomic mass is 16.5. The van der Waals surface area contributed by atoms with Gasteiger partial charge in [-0.05, 0) is 45.4 Å². The van der Waals surface area contributed by atoms with Gasteiger partial charge in [-0.1, -0.05) is 17.7 Å². The number of rotatable bonds is 3. The Morgan fingerprint density at radius 1 is 1.06 bits per heavy atom. The lowest BCUT2D eigenvalue weighted by atomic mass is 9.83. The molecule has 4 rings (SSSR count). The highest BCUT2D eigenvalue weighted by Crippen LogP contribution is 2.50. The summed E-state index contributed by atoms with van der Waals surface area (Å²) in [6.45, 7) is 10.0. The summed E-state index contributed by atoms with van der Waals surface area (Å²) in [5.74, 6) is 0.0356. The summed E-state index contributed by atoms with van der Waals surface area (Å²) in [6.07, 6.45) is 1.56. The molecule has 0 spiro atoms. The average Bonchev–Trinajstić information content (AvgIpc) is 2.66. The highest BCUT2D eigenvalue weighted by molar-refractivity contribution is 6.03. The molecule has 0 aromatic heterocycles. The Hall–Kier alpha value is -3.41. The summed E-state index contributed by atoms with van der Waals surface area (Å²) in [7, 11) is 0. The van der Waals surface area contributed by atoms with E-state index < -0.39 is 6.10 Å². The standard InChI is InChI=1S/C25H26O6/c1-12(2)7-21-16(13(3)4)9-17-23(30-21)11-20(29)24-19(28)10-22(31-25(17)24)15-6-5-14(26)8-18(15)27/h5-8,11,16,21-22,26-27,29H,3,9-10H2,1-2,4H3/t16-,21-,22+/m0/s1. The molecule has 2 aliphatic rings. The van der Waals surface area contributed by atoms with Crippen molar-refractivity contribution in [3.05, 3.63) is 64.8 Å². The van der Waals surface area contributed by atoms with Gasteiger partial charge in [0.25, 0.3) is 0 Å². The Morgan fingerprint density at radius 2 is 1.81 bits per heavy atom. The average molecular weight is 422 g/mol. The van der Waals surface area contributed by atoms with Crippen LogP contribution in [0.15, 0.2) is 48.1 Å². The third-order valence-electron chi connectivity index (χ3n) is 5.81. The Kier molecular flexibility index (Phi) is 5.17. The molecule has 0 fully saturated rings. The number of Topliss-reactive ketones (excluding diaryl/α,β-unsaturated/α-hetero) is 1. The Morgan fingerprint density at radius 3 is 2.45 bits per heavy atom. The number of carbonyl (C=O) groups excluding carboxylic acids is 1. The van der Waals surface area contributed by atoms with Gasteiger partial charge in [0.1, 0.15) is 46.5 Å². The number of allylic oxidation sites excluding steroid dienone is 1. The first-order chi connectivity index (χ1) is 14.7. The van der Waals surface area contributed by atoms with Gasteiger partial charge in [-0.2, -0.15) is 0 Å². The van der Waals surface area contributed by atoms with Gasteiger partial charge in [0.15, 0.2) is 5.78 Å². The van der Waals surface area contributed by atoms with Crippen LogP contribution in [0.1, 0.15) is 54.8 Å². The summed E-state index contributed by atoms with van der Waals surface area (Å²) in [5, 5.41) is 30.4. The molecule has 0 saturated heterocycles. The number of aromatic hydroxyl groups is 3. The van der Waals surface area contributed by atoms with E-state index in [9.17, 15) is 20.1 Å². The molecule has 3 atom stereocenters. The molecule has 0 bridgehead atoms. The lowest BCUT2D eigenvalue weighted by Gasteiger charge is -2.36.